The maximum absolute atomic E-state index is 12.8. The van der Waals surface area contributed by atoms with Crippen molar-refractivity contribution in [3.8, 4) is 0 Å². The van der Waals surface area contributed by atoms with Gasteiger partial charge in [0.25, 0.3) is 0 Å². The van der Waals surface area contributed by atoms with Crippen molar-refractivity contribution in [2.75, 3.05) is 13.2 Å². The second-order valence-electron chi connectivity index (χ2n) is 19.2. The number of carbonyl (C=O) groups excluding carboxylic acids is 3. The molecule has 0 fully saturated rings. The van der Waals surface area contributed by atoms with Crippen molar-refractivity contribution in [2.45, 2.75) is 271 Å². The Kier molecular flexibility index (Phi) is 55.4. The molecule has 1 unspecified atom stereocenters. The van der Waals surface area contributed by atoms with Crippen molar-refractivity contribution in [2.24, 2.45) is 0 Å². The van der Waals surface area contributed by atoms with E-state index in [1.807, 2.05) is 6.08 Å². The summed E-state index contributed by atoms with van der Waals surface area (Å²) in [5.74, 6) is -1.07. The van der Waals surface area contributed by atoms with Crippen LogP contribution in [0.4, 0.5) is 0 Å². The van der Waals surface area contributed by atoms with E-state index in [-0.39, 0.29) is 31.6 Å². The van der Waals surface area contributed by atoms with Crippen LogP contribution in [-0.4, -0.2) is 37.2 Å². The van der Waals surface area contributed by atoms with E-state index in [1.54, 1.807) is 6.08 Å². The van der Waals surface area contributed by atoms with Gasteiger partial charge in [-0.15, -0.1) is 0 Å². The van der Waals surface area contributed by atoms with E-state index in [2.05, 4.69) is 118 Å². The van der Waals surface area contributed by atoms with Crippen LogP contribution >= 0.6 is 0 Å². The second-order valence-corrected chi connectivity index (χ2v) is 19.2. The zero-order chi connectivity index (χ0) is 51.4. The number of unbranched alkanes of at least 4 members (excludes halogenated alkanes) is 24. The van der Waals surface area contributed by atoms with Crippen LogP contribution in [0.25, 0.3) is 0 Å². The molecule has 6 nitrogen and oxygen atoms in total. The number of rotatable bonds is 52. The van der Waals surface area contributed by atoms with Gasteiger partial charge in [-0.25, -0.2) is 0 Å². The maximum atomic E-state index is 12.8. The van der Waals surface area contributed by atoms with Crippen molar-refractivity contribution in [3.05, 3.63) is 109 Å². The molecule has 6 heteroatoms. The highest BCUT2D eigenvalue weighted by Gasteiger charge is 2.19. The van der Waals surface area contributed by atoms with E-state index >= 15 is 0 Å². The monoisotopic (exact) mass is 985 g/mol. The van der Waals surface area contributed by atoms with E-state index < -0.39 is 12.1 Å². The molecule has 0 spiro atoms. The molecular weight excluding hydrogens is 877 g/mol. The molecule has 1 atom stereocenters. The lowest BCUT2D eigenvalue weighted by molar-refractivity contribution is -0.166. The Morgan fingerprint density at radius 3 is 0.986 bits per heavy atom. The lowest BCUT2D eigenvalue weighted by atomic mass is 10.0. The van der Waals surface area contributed by atoms with E-state index in [0.29, 0.717) is 19.3 Å². The third-order valence-electron chi connectivity index (χ3n) is 12.2. The largest absolute Gasteiger partial charge is 0.462 e. The summed E-state index contributed by atoms with van der Waals surface area (Å²) in [6, 6.07) is 0. The van der Waals surface area contributed by atoms with Gasteiger partial charge in [0.2, 0.25) is 0 Å². The van der Waals surface area contributed by atoms with E-state index in [0.717, 1.165) is 103 Å². The fraction of sp³-hybridized carbons (Fsp3) is 0.677. The Balaban J connectivity index is 4.37. The zero-order valence-corrected chi connectivity index (χ0v) is 46.2. The Morgan fingerprint density at radius 2 is 0.620 bits per heavy atom. The summed E-state index contributed by atoms with van der Waals surface area (Å²) in [6.07, 6.45) is 79.7. The van der Waals surface area contributed by atoms with Crippen LogP contribution in [0.3, 0.4) is 0 Å². The number of allylic oxidation sites excluding steroid dienone is 17. The van der Waals surface area contributed by atoms with Crippen LogP contribution in [0.5, 0.6) is 0 Å². The van der Waals surface area contributed by atoms with Crippen molar-refractivity contribution in [3.63, 3.8) is 0 Å². The fourth-order valence-electron chi connectivity index (χ4n) is 7.88. The van der Waals surface area contributed by atoms with Crippen LogP contribution < -0.4 is 0 Å². The topological polar surface area (TPSA) is 78.9 Å². The summed E-state index contributed by atoms with van der Waals surface area (Å²) in [7, 11) is 0. The van der Waals surface area contributed by atoms with E-state index in [4.69, 9.17) is 14.2 Å². The number of carbonyl (C=O) groups is 3. The molecule has 0 aliphatic carbocycles. The molecule has 71 heavy (non-hydrogen) atoms. The van der Waals surface area contributed by atoms with Crippen molar-refractivity contribution in [1.82, 2.24) is 0 Å². The van der Waals surface area contributed by atoms with Gasteiger partial charge in [-0.2, -0.15) is 0 Å². The first-order chi connectivity index (χ1) is 35.0. The average molecular weight is 986 g/mol. The third kappa shape index (κ3) is 56.9. The van der Waals surface area contributed by atoms with E-state index in [1.165, 1.54) is 116 Å². The molecule has 0 bridgehead atoms. The Morgan fingerprint density at radius 1 is 0.310 bits per heavy atom. The van der Waals surface area contributed by atoms with E-state index in [9.17, 15) is 14.4 Å². The second kappa shape index (κ2) is 58.6. The SMILES string of the molecule is CC/C=C\C/C=C\C/C=C\C/C=C\C/C=C\CC(=O)OC(COC(=O)CCCCCCC/C=C\C/C=C\CCC)COC(=O)CCCCCCCCCCCCCCC/C=C\C/C=C\CCCCCCC. The molecular formula is C65H108O6. The predicted octanol–water partition coefficient (Wildman–Crippen LogP) is 19.9. The lowest BCUT2D eigenvalue weighted by Gasteiger charge is -2.18. The smallest absolute Gasteiger partial charge is 0.310 e. The van der Waals surface area contributed by atoms with Crippen LogP contribution in [0.2, 0.25) is 0 Å². The molecule has 0 amide bonds. The quantitative estimate of drug-likeness (QED) is 0.0261. The van der Waals surface area contributed by atoms with Crippen LogP contribution in [0.1, 0.15) is 265 Å². The molecule has 0 N–H and O–H groups in total. The van der Waals surface area contributed by atoms with Crippen LogP contribution in [-0.2, 0) is 28.6 Å². The van der Waals surface area contributed by atoms with Crippen LogP contribution in [0, 0.1) is 0 Å². The van der Waals surface area contributed by atoms with Crippen molar-refractivity contribution < 1.29 is 28.6 Å². The van der Waals surface area contributed by atoms with Crippen molar-refractivity contribution in [1.29, 1.82) is 0 Å². The van der Waals surface area contributed by atoms with Gasteiger partial charge < -0.3 is 14.2 Å². The first-order valence-corrected chi connectivity index (χ1v) is 29.4. The minimum Gasteiger partial charge on any atom is -0.462 e. The molecule has 0 aromatic heterocycles. The Bertz CT molecular complexity index is 1460. The summed E-state index contributed by atoms with van der Waals surface area (Å²) >= 11 is 0. The lowest BCUT2D eigenvalue weighted by Crippen LogP contribution is -2.30. The standard InChI is InChI=1S/C65H108O6/c1-4-7-10-13-16-19-22-25-27-28-29-30-31-32-33-34-35-36-38-40-43-46-49-52-55-58-64(67)70-61-62(60-69-63(66)57-54-51-48-45-42-39-24-21-18-15-12-9-6-3)71-65(68)59-56-53-50-47-44-41-37-26-23-20-17-14-11-8-5-2/h8,11-12,15,17,20-22,24-26,28-29,37,44,47,53,56,62H,4-7,9-10,13-14,16,18-19,23,27,30-36,38-43,45-46,48-52,54-55,57-61H2,1-3H3/b11-8-,15-12-,20-17-,24-21-,25-22-,29-28-,37-26-,47-44-,56-53-. The normalized spacial score (nSPS) is 12.9. The van der Waals surface area contributed by atoms with Gasteiger partial charge in [0, 0.05) is 12.8 Å². The van der Waals surface area contributed by atoms with Gasteiger partial charge in [0.15, 0.2) is 6.10 Å². The maximum Gasteiger partial charge on any atom is 0.310 e. The van der Waals surface area contributed by atoms with Crippen molar-refractivity contribution >= 4 is 17.9 Å². The summed E-state index contributed by atoms with van der Waals surface area (Å²) < 4.78 is 16.7. The third-order valence-corrected chi connectivity index (χ3v) is 12.2. The summed E-state index contributed by atoms with van der Waals surface area (Å²) in [4.78, 5) is 38.1. The first-order valence-electron chi connectivity index (χ1n) is 29.4. The van der Waals surface area contributed by atoms with Gasteiger partial charge in [-0.1, -0.05) is 252 Å². The predicted molar refractivity (Wildman–Crippen MR) is 307 cm³/mol. The fourth-order valence-corrected chi connectivity index (χ4v) is 7.88. The molecule has 0 saturated carbocycles. The van der Waals surface area contributed by atoms with Gasteiger partial charge in [-0.3, -0.25) is 14.4 Å². The molecule has 0 aliphatic heterocycles. The number of hydrogen-bond acceptors (Lipinski definition) is 6. The summed E-state index contributed by atoms with van der Waals surface area (Å²) in [5, 5.41) is 0. The highest BCUT2D eigenvalue weighted by atomic mass is 16.6. The average Bonchev–Trinajstić information content (AvgIpc) is 3.37. The highest BCUT2D eigenvalue weighted by molar-refractivity contribution is 5.72. The number of ether oxygens (including phenoxy) is 3. The molecule has 0 aliphatic rings. The van der Waals surface area contributed by atoms with Gasteiger partial charge >= 0.3 is 17.9 Å². The summed E-state index contributed by atoms with van der Waals surface area (Å²) in [6.45, 7) is 6.36. The Hall–Kier alpha value is -3.93. The molecule has 0 aromatic rings. The molecule has 0 rings (SSSR count). The van der Waals surface area contributed by atoms with Crippen LogP contribution in [0.15, 0.2) is 109 Å². The van der Waals surface area contributed by atoms with Gasteiger partial charge in [-0.05, 0) is 103 Å². The molecule has 0 saturated heterocycles. The van der Waals surface area contributed by atoms with Gasteiger partial charge in [0.05, 0.1) is 6.42 Å². The number of hydrogen-bond donors (Lipinski definition) is 0. The first kappa shape index (κ1) is 67.1. The Labute approximate surface area is 438 Å². The minimum atomic E-state index is -0.840. The molecule has 0 heterocycles. The minimum absolute atomic E-state index is 0.0913. The van der Waals surface area contributed by atoms with Gasteiger partial charge in [0.1, 0.15) is 13.2 Å². The molecule has 0 radical (unpaired) electrons. The highest BCUT2D eigenvalue weighted by Crippen LogP contribution is 2.15. The molecule has 404 valence electrons. The molecule has 0 aromatic carbocycles. The zero-order valence-electron chi connectivity index (χ0n) is 46.2. The number of esters is 3. The summed E-state index contributed by atoms with van der Waals surface area (Å²) in [5.41, 5.74) is 0.